The molecule has 20 heavy (non-hydrogen) atoms. The van der Waals surface area contributed by atoms with Crippen LogP contribution in [0.1, 0.15) is 0 Å². The van der Waals surface area contributed by atoms with Gasteiger partial charge in [-0.15, -0.1) is 0 Å². The molecule has 0 saturated heterocycles. The van der Waals surface area contributed by atoms with Crippen molar-refractivity contribution in [3.8, 4) is 5.75 Å². The summed E-state index contributed by atoms with van der Waals surface area (Å²) in [4.78, 5) is 9.75. The van der Waals surface area contributed by atoms with Crippen LogP contribution in [0.25, 0.3) is 0 Å². The first-order valence-electron chi connectivity index (χ1n) is 5.33. The molecule has 0 spiro atoms. The second-order valence-corrected chi connectivity index (χ2v) is 6.21. The minimum absolute atomic E-state index is 0.150. The van der Waals surface area contributed by atoms with Crippen LogP contribution in [0, 0.1) is 10.1 Å². The number of benzene rings is 2. The highest BCUT2D eigenvalue weighted by Gasteiger charge is 2.18. The van der Waals surface area contributed by atoms with E-state index in [1.54, 1.807) is 12.1 Å². The zero-order chi connectivity index (χ0) is 14.8. The molecule has 0 aliphatic rings. The largest absolute Gasteiger partial charge is 0.379 e. The predicted octanol–water partition coefficient (Wildman–Crippen LogP) is 3.13. The number of nitro benzene ring substituents is 1. The highest BCUT2D eigenvalue weighted by molar-refractivity contribution is 9.10. The van der Waals surface area contributed by atoms with Gasteiger partial charge in [0, 0.05) is 16.6 Å². The van der Waals surface area contributed by atoms with Crippen LogP contribution in [0.4, 0.5) is 5.69 Å². The van der Waals surface area contributed by atoms with Gasteiger partial charge >= 0.3 is 10.1 Å². The van der Waals surface area contributed by atoms with Crippen molar-refractivity contribution < 1.29 is 17.5 Å². The van der Waals surface area contributed by atoms with Crippen molar-refractivity contribution in [2.45, 2.75) is 4.90 Å². The SMILES string of the molecule is O=[N+]([O-])c1ccc(S(=O)(=O)Oc2cccc(Br)c2)cc1. The van der Waals surface area contributed by atoms with E-state index in [0.29, 0.717) is 4.47 Å². The summed E-state index contributed by atoms with van der Waals surface area (Å²) in [5, 5.41) is 10.5. The van der Waals surface area contributed by atoms with E-state index in [4.69, 9.17) is 4.18 Å². The Labute approximate surface area is 123 Å². The van der Waals surface area contributed by atoms with Gasteiger partial charge in [0.25, 0.3) is 5.69 Å². The summed E-state index contributed by atoms with van der Waals surface area (Å²) < 4.78 is 29.6. The van der Waals surface area contributed by atoms with Crippen LogP contribution in [-0.4, -0.2) is 13.3 Å². The average molecular weight is 358 g/mol. The van der Waals surface area contributed by atoms with Crippen molar-refractivity contribution >= 4 is 31.7 Å². The Morgan fingerprint density at radius 2 is 1.75 bits per heavy atom. The molecule has 0 N–H and O–H groups in total. The topological polar surface area (TPSA) is 86.5 Å². The van der Waals surface area contributed by atoms with Gasteiger partial charge in [0.15, 0.2) is 0 Å². The van der Waals surface area contributed by atoms with Gasteiger partial charge in [-0.2, -0.15) is 8.42 Å². The molecule has 0 saturated carbocycles. The zero-order valence-corrected chi connectivity index (χ0v) is 12.3. The van der Waals surface area contributed by atoms with Gasteiger partial charge < -0.3 is 4.18 Å². The molecule has 0 radical (unpaired) electrons. The smallest absolute Gasteiger partial charge is 0.339 e. The lowest BCUT2D eigenvalue weighted by Crippen LogP contribution is -2.09. The lowest BCUT2D eigenvalue weighted by Gasteiger charge is -2.07. The number of hydrogen-bond acceptors (Lipinski definition) is 5. The van der Waals surface area contributed by atoms with E-state index < -0.39 is 15.0 Å². The number of hydrogen-bond donors (Lipinski definition) is 0. The normalized spacial score (nSPS) is 11.1. The number of halogens is 1. The van der Waals surface area contributed by atoms with Crippen LogP contribution in [0.2, 0.25) is 0 Å². The van der Waals surface area contributed by atoms with Crippen molar-refractivity contribution in [2.24, 2.45) is 0 Å². The standard InChI is InChI=1S/C12H8BrNO5S/c13-9-2-1-3-11(8-9)19-20(17,18)12-6-4-10(5-7-12)14(15)16/h1-8H. The maximum atomic E-state index is 12.0. The number of nitro groups is 1. The number of non-ortho nitro benzene ring substituents is 1. The van der Waals surface area contributed by atoms with E-state index in [9.17, 15) is 18.5 Å². The summed E-state index contributed by atoms with van der Waals surface area (Å²) in [6.07, 6.45) is 0. The molecule has 0 aliphatic heterocycles. The lowest BCUT2D eigenvalue weighted by atomic mass is 10.3. The van der Waals surface area contributed by atoms with Gasteiger partial charge in [-0.05, 0) is 30.3 Å². The highest BCUT2D eigenvalue weighted by atomic mass is 79.9. The van der Waals surface area contributed by atoms with Gasteiger partial charge in [0.1, 0.15) is 10.6 Å². The average Bonchev–Trinajstić information content (AvgIpc) is 2.38. The van der Waals surface area contributed by atoms with Crippen molar-refractivity contribution in [1.82, 2.24) is 0 Å². The molecule has 0 atom stereocenters. The van der Waals surface area contributed by atoms with Crippen molar-refractivity contribution in [1.29, 1.82) is 0 Å². The second kappa shape index (κ2) is 5.59. The predicted molar refractivity (Wildman–Crippen MR) is 75.1 cm³/mol. The van der Waals surface area contributed by atoms with Gasteiger partial charge in [-0.1, -0.05) is 22.0 Å². The summed E-state index contributed by atoms with van der Waals surface area (Å²) >= 11 is 3.20. The molecule has 2 rings (SSSR count). The first kappa shape index (κ1) is 14.5. The monoisotopic (exact) mass is 357 g/mol. The maximum absolute atomic E-state index is 12.0. The van der Waals surface area contributed by atoms with Crippen LogP contribution >= 0.6 is 15.9 Å². The fourth-order valence-corrected chi connectivity index (χ4v) is 2.73. The highest BCUT2D eigenvalue weighted by Crippen LogP contribution is 2.23. The maximum Gasteiger partial charge on any atom is 0.339 e. The molecule has 0 fully saturated rings. The molecule has 0 aromatic heterocycles. The second-order valence-electron chi connectivity index (χ2n) is 3.75. The van der Waals surface area contributed by atoms with Crippen molar-refractivity contribution in [3.63, 3.8) is 0 Å². The van der Waals surface area contributed by atoms with Crippen LogP contribution < -0.4 is 4.18 Å². The number of nitrogens with zero attached hydrogens (tertiary/aromatic N) is 1. The molecule has 104 valence electrons. The van der Waals surface area contributed by atoms with E-state index in [0.717, 1.165) is 24.3 Å². The van der Waals surface area contributed by atoms with Gasteiger partial charge in [0.2, 0.25) is 0 Å². The van der Waals surface area contributed by atoms with E-state index in [2.05, 4.69) is 15.9 Å². The fraction of sp³-hybridized carbons (Fsp3) is 0. The zero-order valence-electron chi connectivity index (χ0n) is 9.89. The molecular weight excluding hydrogens is 350 g/mol. The Morgan fingerprint density at radius 1 is 1.10 bits per heavy atom. The molecule has 0 heterocycles. The summed E-state index contributed by atoms with van der Waals surface area (Å²) in [5.41, 5.74) is -0.189. The minimum atomic E-state index is -4.02. The summed E-state index contributed by atoms with van der Waals surface area (Å²) in [6.45, 7) is 0. The van der Waals surface area contributed by atoms with Crippen LogP contribution in [-0.2, 0) is 10.1 Å². The van der Waals surface area contributed by atoms with Crippen LogP contribution in [0.15, 0.2) is 57.9 Å². The van der Waals surface area contributed by atoms with Gasteiger partial charge in [0.05, 0.1) is 4.92 Å². The van der Waals surface area contributed by atoms with Crippen LogP contribution in [0.3, 0.4) is 0 Å². The minimum Gasteiger partial charge on any atom is -0.379 e. The van der Waals surface area contributed by atoms with E-state index in [1.165, 1.54) is 12.1 Å². The first-order valence-corrected chi connectivity index (χ1v) is 7.53. The summed E-state index contributed by atoms with van der Waals surface area (Å²) in [5.74, 6) is 0.151. The Hall–Kier alpha value is -1.93. The van der Waals surface area contributed by atoms with Gasteiger partial charge in [-0.3, -0.25) is 10.1 Å². The molecule has 2 aromatic rings. The van der Waals surface area contributed by atoms with Crippen molar-refractivity contribution in [2.75, 3.05) is 0 Å². The van der Waals surface area contributed by atoms with E-state index in [-0.39, 0.29) is 16.3 Å². The lowest BCUT2D eigenvalue weighted by molar-refractivity contribution is -0.384. The molecule has 0 bridgehead atoms. The number of rotatable bonds is 4. The quantitative estimate of drug-likeness (QED) is 0.476. The van der Waals surface area contributed by atoms with E-state index in [1.807, 2.05) is 0 Å². The third-order valence-corrected chi connectivity index (χ3v) is 4.09. The molecule has 0 aliphatic carbocycles. The third-order valence-electron chi connectivity index (χ3n) is 2.34. The van der Waals surface area contributed by atoms with Crippen molar-refractivity contribution in [3.05, 3.63) is 63.1 Å². The molecule has 0 amide bonds. The third kappa shape index (κ3) is 3.34. The van der Waals surface area contributed by atoms with Gasteiger partial charge in [-0.25, -0.2) is 0 Å². The summed E-state index contributed by atoms with van der Waals surface area (Å²) in [7, 11) is -4.02. The Morgan fingerprint density at radius 3 is 2.30 bits per heavy atom. The Kier molecular flexibility index (Phi) is 4.05. The fourth-order valence-electron chi connectivity index (χ4n) is 1.43. The molecule has 2 aromatic carbocycles. The molecule has 0 unspecified atom stereocenters. The summed E-state index contributed by atoms with van der Waals surface area (Å²) in [6, 6.07) is 10.8. The Bertz CT molecular complexity index is 743. The van der Waals surface area contributed by atoms with Crippen LogP contribution in [0.5, 0.6) is 5.75 Å². The first-order chi connectivity index (χ1) is 9.38. The Balaban J connectivity index is 2.28. The molecule has 6 nitrogen and oxygen atoms in total. The molecule has 8 heteroatoms. The van der Waals surface area contributed by atoms with E-state index >= 15 is 0 Å². The molecular formula is C12H8BrNO5S.